The molecule has 166 valence electrons. The second kappa shape index (κ2) is 8.64. The zero-order valence-electron chi connectivity index (χ0n) is 18.7. The standard InChI is InChI=1S/C26H21N7O/c1-3-32-16-22(17(2)31-32)24-13-21(20-11-7-8-12-23(20)29-24)26(34)30-25-18(14-27)15-28-33(25)19-9-5-4-6-10-19/h4-13,15-16H,3H2,1-2H3,(H,30,34). The lowest BCUT2D eigenvalue weighted by atomic mass is 10.0. The molecule has 1 N–H and O–H groups in total. The van der Waals surface area contributed by atoms with Gasteiger partial charge in [-0.05, 0) is 38.1 Å². The molecule has 2 aromatic carbocycles. The number of carbonyl (C=O) groups is 1. The molecule has 1 amide bonds. The van der Waals surface area contributed by atoms with Crippen molar-refractivity contribution in [3.8, 4) is 23.0 Å². The molecule has 0 saturated heterocycles. The molecular formula is C26H21N7O. The SMILES string of the molecule is CCn1cc(-c2cc(C(=O)Nc3c(C#N)cnn3-c3ccccc3)c3ccccc3n2)c(C)n1. The summed E-state index contributed by atoms with van der Waals surface area (Å²) in [6.45, 7) is 4.68. The Morgan fingerprint density at radius 3 is 2.62 bits per heavy atom. The van der Waals surface area contributed by atoms with Crippen LogP contribution in [0.25, 0.3) is 27.8 Å². The Kier molecular flexibility index (Phi) is 5.36. The van der Waals surface area contributed by atoms with Crippen LogP contribution in [0.5, 0.6) is 0 Å². The van der Waals surface area contributed by atoms with E-state index in [1.165, 1.54) is 6.20 Å². The van der Waals surface area contributed by atoms with E-state index >= 15 is 0 Å². The van der Waals surface area contributed by atoms with E-state index < -0.39 is 0 Å². The maximum atomic E-state index is 13.6. The Balaban J connectivity index is 1.62. The molecule has 0 aliphatic rings. The van der Waals surface area contributed by atoms with Gasteiger partial charge in [0.2, 0.25) is 0 Å². The Labute approximate surface area is 196 Å². The van der Waals surface area contributed by atoms with E-state index in [9.17, 15) is 10.1 Å². The number of aromatic nitrogens is 5. The van der Waals surface area contributed by atoms with E-state index in [2.05, 4.69) is 21.6 Å². The molecule has 0 fully saturated rings. The minimum Gasteiger partial charge on any atom is -0.305 e. The summed E-state index contributed by atoms with van der Waals surface area (Å²) in [5.74, 6) is -0.0364. The third-order valence-corrected chi connectivity index (χ3v) is 5.63. The van der Waals surface area contributed by atoms with Crippen molar-refractivity contribution in [1.82, 2.24) is 24.5 Å². The summed E-state index contributed by atoms with van der Waals surface area (Å²) in [6.07, 6.45) is 3.38. The number of fused-ring (bicyclic) bond motifs is 1. The van der Waals surface area contributed by atoms with Crippen molar-refractivity contribution < 1.29 is 4.79 Å². The summed E-state index contributed by atoms with van der Waals surface area (Å²) in [6, 6.07) is 20.7. The van der Waals surface area contributed by atoms with Crippen molar-refractivity contribution in [3.05, 3.63) is 89.9 Å². The second-order valence-corrected chi connectivity index (χ2v) is 7.78. The van der Waals surface area contributed by atoms with Crippen molar-refractivity contribution in [2.75, 3.05) is 5.32 Å². The first-order valence-electron chi connectivity index (χ1n) is 10.9. The van der Waals surface area contributed by atoms with Gasteiger partial charge in [0.15, 0.2) is 5.82 Å². The number of anilines is 1. The van der Waals surface area contributed by atoms with Gasteiger partial charge in [0, 0.05) is 23.7 Å². The zero-order chi connectivity index (χ0) is 23.7. The second-order valence-electron chi connectivity index (χ2n) is 7.78. The van der Waals surface area contributed by atoms with Crippen LogP contribution in [-0.4, -0.2) is 30.5 Å². The van der Waals surface area contributed by atoms with Crippen LogP contribution < -0.4 is 5.32 Å². The van der Waals surface area contributed by atoms with Gasteiger partial charge in [-0.15, -0.1) is 0 Å². The number of nitriles is 1. The normalized spacial score (nSPS) is 10.9. The van der Waals surface area contributed by atoms with E-state index in [4.69, 9.17) is 4.98 Å². The largest absolute Gasteiger partial charge is 0.305 e. The lowest BCUT2D eigenvalue weighted by Crippen LogP contribution is -2.17. The maximum Gasteiger partial charge on any atom is 0.257 e. The lowest BCUT2D eigenvalue weighted by molar-refractivity contribution is 0.102. The number of rotatable bonds is 5. The highest BCUT2D eigenvalue weighted by Gasteiger charge is 2.20. The Hall–Kier alpha value is -4.77. The molecule has 0 unspecified atom stereocenters. The van der Waals surface area contributed by atoms with Crippen LogP contribution >= 0.6 is 0 Å². The average molecular weight is 448 g/mol. The smallest absolute Gasteiger partial charge is 0.257 e. The number of aryl methyl sites for hydroxylation is 2. The number of amides is 1. The predicted molar refractivity (Wildman–Crippen MR) is 130 cm³/mol. The molecule has 34 heavy (non-hydrogen) atoms. The van der Waals surface area contributed by atoms with Crippen LogP contribution in [0.4, 0.5) is 5.82 Å². The molecule has 5 rings (SSSR count). The van der Waals surface area contributed by atoms with Gasteiger partial charge >= 0.3 is 0 Å². The molecule has 8 nitrogen and oxygen atoms in total. The number of nitrogens with one attached hydrogen (secondary N) is 1. The maximum absolute atomic E-state index is 13.6. The summed E-state index contributed by atoms with van der Waals surface area (Å²) in [5, 5.41) is 22.1. The van der Waals surface area contributed by atoms with Crippen LogP contribution in [0.3, 0.4) is 0 Å². The zero-order valence-corrected chi connectivity index (χ0v) is 18.7. The highest BCUT2D eigenvalue weighted by atomic mass is 16.1. The van der Waals surface area contributed by atoms with Crippen molar-refractivity contribution in [2.45, 2.75) is 20.4 Å². The van der Waals surface area contributed by atoms with E-state index in [0.29, 0.717) is 28.0 Å². The number of para-hydroxylation sites is 2. The van der Waals surface area contributed by atoms with Crippen LogP contribution in [0, 0.1) is 18.3 Å². The van der Waals surface area contributed by atoms with E-state index in [1.807, 2.05) is 79.3 Å². The Bertz CT molecular complexity index is 1560. The van der Waals surface area contributed by atoms with E-state index in [-0.39, 0.29) is 11.5 Å². The van der Waals surface area contributed by atoms with Crippen molar-refractivity contribution in [2.24, 2.45) is 0 Å². The van der Waals surface area contributed by atoms with Gasteiger partial charge in [0.1, 0.15) is 11.6 Å². The quantitative estimate of drug-likeness (QED) is 0.419. The summed E-state index contributed by atoms with van der Waals surface area (Å²) >= 11 is 0. The van der Waals surface area contributed by atoms with Gasteiger partial charge in [-0.3, -0.25) is 9.48 Å². The minimum absolute atomic E-state index is 0.274. The van der Waals surface area contributed by atoms with Gasteiger partial charge in [-0.25, -0.2) is 9.67 Å². The molecule has 3 heterocycles. The molecule has 0 spiro atoms. The highest BCUT2D eigenvalue weighted by molar-refractivity contribution is 6.13. The topological polar surface area (TPSA) is 101 Å². The minimum atomic E-state index is -0.352. The molecule has 5 aromatic rings. The monoisotopic (exact) mass is 447 g/mol. The molecular weight excluding hydrogens is 426 g/mol. The fraction of sp³-hybridized carbons (Fsp3) is 0.115. The van der Waals surface area contributed by atoms with Crippen molar-refractivity contribution >= 4 is 22.6 Å². The van der Waals surface area contributed by atoms with E-state index in [1.54, 1.807) is 10.7 Å². The fourth-order valence-corrected chi connectivity index (χ4v) is 3.92. The van der Waals surface area contributed by atoms with Crippen LogP contribution in [0.15, 0.2) is 73.1 Å². The lowest BCUT2D eigenvalue weighted by Gasteiger charge is -2.12. The molecule has 0 radical (unpaired) electrons. The summed E-state index contributed by atoms with van der Waals surface area (Å²) < 4.78 is 3.40. The number of hydrogen-bond donors (Lipinski definition) is 1. The number of hydrogen-bond acceptors (Lipinski definition) is 5. The molecule has 8 heteroatoms. The molecule has 0 aliphatic heterocycles. The third-order valence-electron chi connectivity index (χ3n) is 5.63. The van der Waals surface area contributed by atoms with E-state index in [0.717, 1.165) is 23.5 Å². The number of nitrogens with zero attached hydrogens (tertiary/aromatic N) is 6. The summed E-state index contributed by atoms with van der Waals surface area (Å²) in [5.41, 5.74) is 4.54. The average Bonchev–Trinajstić information content (AvgIpc) is 3.46. The van der Waals surface area contributed by atoms with Gasteiger partial charge in [0.25, 0.3) is 5.91 Å². The molecule has 0 atom stereocenters. The van der Waals surface area contributed by atoms with Crippen LogP contribution in [0.1, 0.15) is 28.5 Å². The van der Waals surface area contributed by atoms with Crippen molar-refractivity contribution in [3.63, 3.8) is 0 Å². The summed E-state index contributed by atoms with van der Waals surface area (Å²) in [7, 11) is 0. The Morgan fingerprint density at radius 2 is 1.88 bits per heavy atom. The molecule has 0 saturated carbocycles. The van der Waals surface area contributed by atoms with Gasteiger partial charge in [0.05, 0.1) is 34.4 Å². The fourth-order valence-electron chi connectivity index (χ4n) is 3.92. The first-order chi connectivity index (χ1) is 16.6. The van der Waals surface area contributed by atoms with Gasteiger partial charge in [-0.1, -0.05) is 36.4 Å². The number of benzene rings is 2. The first-order valence-corrected chi connectivity index (χ1v) is 10.9. The van der Waals surface area contributed by atoms with Crippen molar-refractivity contribution in [1.29, 1.82) is 5.26 Å². The van der Waals surface area contributed by atoms with Crippen LogP contribution in [-0.2, 0) is 6.54 Å². The predicted octanol–water partition coefficient (Wildman–Crippen LogP) is 4.74. The summed E-state index contributed by atoms with van der Waals surface area (Å²) in [4.78, 5) is 18.4. The number of carbonyl (C=O) groups excluding carboxylic acids is 1. The molecule has 3 aromatic heterocycles. The molecule has 0 bridgehead atoms. The van der Waals surface area contributed by atoms with Gasteiger partial charge in [-0.2, -0.15) is 15.5 Å². The molecule has 0 aliphatic carbocycles. The van der Waals surface area contributed by atoms with Gasteiger partial charge < -0.3 is 5.32 Å². The highest BCUT2D eigenvalue weighted by Crippen LogP contribution is 2.28. The number of pyridine rings is 1. The first kappa shape index (κ1) is 21.1. The van der Waals surface area contributed by atoms with Crippen LogP contribution in [0.2, 0.25) is 0 Å². The third kappa shape index (κ3) is 3.69. The Morgan fingerprint density at radius 1 is 1.12 bits per heavy atom.